The number of hydrogen-bond acceptors (Lipinski definition) is 4. The highest BCUT2D eigenvalue weighted by Gasteiger charge is 2.05. The van der Waals surface area contributed by atoms with E-state index < -0.39 is 0 Å². The minimum absolute atomic E-state index is 0.571. The van der Waals surface area contributed by atoms with E-state index in [0.717, 1.165) is 5.00 Å². The van der Waals surface area contributed by atoms with Crippen molar-refractivity contribution >= 4 is 22.0 Å². The van der Waals surface area contributed by atoms with E-state index in [0.29, 0.717) is 10.6 Å². The molecular weight excluding hydrogens is 158 g/mol. The van der Waals surface area contributed by atoms with Gasteiger partial charge in [-0.25, -0.2) is 0 Å². The first-order valence-corrected chi connectivity index (χ1v) is 3.93. The van der Waals surface area contributed by atoms with Gasteiger partial charge in [-0.2, -0.15) is 5.26 Å². The Hall–Kier alpha value is -1.21. The summed E-state index contributed by atoms with van der Waals surface area (Å²) in [6.45, 7) is 0. The summed E-state index contributed by atoms with van der Waals surface area (Å²) in [4.78, 5) is 2.52. The number of anilines is 2. The van der Waals surface area contributed by atoms with Gasteiger partial charge in [0.2, 0.25) is 0 Å². The molecular formula is C7H9N3S. The van der Waals surface area contributed by atoms with Gasteiger partial charge in [-0.3, -0.25) is 0 Å². The number of nitrogen functional groups attached to an aromatic ring is 1. The molecule has 3 nitrogen and oxygen atoms in total. The lowest BCUT2D eigenvalue weighted by Gasteiger charge is -2.06. The van der Waals surface area contributed by atoms with Crippen LogP contribution in [0.2, 0.25) is 0 Å². The van der Waals surface area contributed by atoms with Gasteiger partial charge in [-0.05, 0) is 6.07 Å². The van der Waals surface area contributed by atoms with Crippen LogP contribution in [0.1, 0.15) is 4.88 Å². The average molecular weight is 167 g/mol. The standard InChI is InChI=1S/C7H9N3S/c1-10(2)7-3-5(9)6(4-8)11-7/h3H,9H2,1-2H3. The van der Waals surface area contributed by atoms with E-state index in [1.807, 2.05) is 31.1 Å². The monoisotopic (exact) mass is 167 g/mol. The molecule has 2 N–H and O–H groups in total. The summed E-state index contributed by atoms with van der Waals surface area (Å²) < 4.78 is 0. The fourth-order valence-corrected chi connectivity index (χ4v) is 1.50. The van der Waals surface area contributed by atoms with Gasteiger partial charge in [0.15, 0.2) is 0 Å². The van der Waals surface area contributed by atoms with Gasteiger partial charge in [-0.1, -0.05) is 0 Å². The highest BCUT2D eigenvalue weighted by Crippen LogP contribution is 2.29. The van der Waals surface area contributed by atoms with Gasteiger partial charge in [0.25, 0.3) is 0 Å². The van der Waals surface area contributed by atoms with Crippen molar-refractivity contribution in [1.82, 2.24) is 0 Å². The van der Waals surface area contributed by atoms with Gasteiger partial charge in [-0.15, -0.1) is 11.3 Å². The first-order chi connectivity index (χ1) is 5.15. The third-order valence-corrected chi connectivity index (χ3v) is 2.51. The molecule has 0 radical (unpaired) electrons. The summed E-state index contributed by atoms with van der Waals surface area (Å²) in [7, 11) is 3.85. The van der Waals surface area contributed by atoms with Crippen molar-refractivity contribution < 1.29 is 0 Å². The minimum atomic E-state index is 0.571. The molecule has 0 aliphatic carbocycles. The predicted molar refractivity (Wildman–Crippen MR) is 47.8 cm³/mol. The van der Waals surface area contributed by atoms with E-state index in [1.165, 1.54) is 11.3 Å². The van der Waals surface area contributed by atoms with Crippen LogP contribution in [0.15, 0.2) is 6.07 Å². The molecule has 0 bridgehead atoms. The number of nitrogens with two attached hydrogens (primary N) is 1. The maximum atomic E-state index is 8.58. The second-order valence-electron chi connectivity index (χ2n) is 2.38. The van der Waals surface area contributed by atoms with Crippen LogP contribution in [0.5, 0.6) is 0 Å². The second kappa shape index (κ2) is 2.81. The molecule has 0 spiro atoms. The normalized spacial score (nSPS) is 9.18. The summed E-state index contributed by atoms with van der Waals surface area (Å²) in [6.07, 6.45) is 0. The summed E-state index contributed by atoms with van der Waals surface area (Å²) in [5.41, 5.74) is 6.12. The zero-order chi connectivity index (χ0) is 8.43. The molecule has 0 saturated heterocycles. The van der Waals surface area contributed by atoms with E-state index in [4.69, 9.17) is 11.0 Å². The van der Waals surface area contributed by atoms with Crippen LogP contribution in [0, 0.1) is 11.3 Å². The lowest BCUT2D eigenvalue weighted by atomic mass is 10.4. The zero-order valence-corrected chi connectivity index (χ0v) is 7.27. The summed E-state index contributed by atoms with van der Waals surface area (Å²) in [5, 5.41) is 9.59. The zero-order valence-electron chi connectivity index (χ0n) is 6.46. The first kappa shape index (κ1) is 7.89. The number of thiophene rings is 1. The average Bonchev–Trinajstić information content (AvgIpc) is 2.31. The van der Waals surface area contributed by atoms with Crippen molar-refractivity contribution in [1.29, 1.82) is 5.26 Å². The van der Waals surface area contributed by atoms with Crippen molar-refractivity contribution in [2.24, 2.45) is 0 Å². The Labute approximate surface area is 69.7 Å². The van der Waals surface area contributed by atoms with Crippen molar-refractivity contribution in [3.05, 3.63) is 10.9 Å². The largest absolute Gasteiger partial charge is 0.397 e. The van der Waals surface area contributed by atoms with Gasteiger partial charge < -0.3 is 10.6 Å². The van der Waals surface area contributed by atoms with E-state index in [9.17, 15) is 0 Å². The summed E-state index contributed by atoms with van der Waals surface area (Å²) in [6, 6.07) is 3.85. The minimum Gasteiger partial charge on any atom is -0.397 e. The van der Waals surface area contributed by atoms with Gasteiger partial charge in [0, 0.05) is 14.1 Å². The van der Waals surface area contributed by atoms with Crippen LogP contribution in [0.3, 0.4) is 0 Å². The van der Waals surface area contributed by atoms with Gasteiger partial charge in [0.05, 0.1) is 10.7 Å². The molecule has 1 aromatic rings. The fraction of sp³-hybridized carbons (Fsp3) is 0.286. The van der Waals surface area contributed by atoms with E-state index in [-0.39, 0.29) is 0 Å². The van der Waals surface area contributed by atoms with Crippen molar-refractivity contribution in [2.45, 2.75) is 0 Å². The molecule has 1 rings (SSSR count). The lowest BCUT2D eigenvalue weighted by molar-refractivity contribution is 1.16. The Kier molecular flexibility index (Phi) is 2.01. The SMILES string of the molecule is CN(C)c1cc(N)c(C#N)s1. The molecule has 4 heteroatoms. The van der Waals surface area contributed by atoms with Crippen molar-refractivity contribution in [3.63, 3.8) is 0 Å². The molecule has 0 atom stereocenters. The molecule has 0 aliphatic heterocycles. The van der Waals surface area contributed by atoms with Crippen molar-refractivity contribution in [3.8, 4) is 6.07 Å². The number of rotatable bonds is 1. The molecule has 11 heavy (non-hydrogen) atoms. The van der Waals surface area contributed by atoms with Gasteiger partial charge in [0.1, 0.15) is 10.9 Å². The first-order valence-electron chi connectivity index (χ1n) is 3.12. The third kappa shape index (κ3) is 1.44. The molecule has 0 fully saturated rings. The number of hydrogen-bond donors (Lipinski definition) is 1. The van der Waals surface area contributed by atoms with Crippen LogP contribution in [-0.2, 0) is 0 Å². The topological polar surface area (TPSA) is 53.0 Å². The fourth-order valence-electron chi connectivity index (χ4n) is 0.699. The predicted octanol–water partition coefficient (Wildman–Crippen LogP) is 1.27. The van der Waals surface area contributed by atoms with Crippen LogP contribution in [-0.4, -0.2) is 14.1 Å². The van der Waals surface area contributed by atoms with Crippen LogP contribution in [0.4, 0.5) is 10.7 Å². The Balaban J connectivity index is 3.07. The Morgan fingerprint density at radius 1 is 1.64 bits per heavy atom. The van der Waals surface area contributed by atoms with E-state index >= 15 is 0 Å². The highest BCUT2D eigenvalue weighted by atomic mass is 32.1. The smallest absolute Gasteiger partial charge is 0.129 e. The lowest BCUT2D eigenvalue weighted by Crippen LogP contribution is -2.05. The molecule has 0 saturated carbocycles. The molecule has 1 aromatic heterocycles. The van der Waals surface area contributed by atoms with Crippen LogP contribution in [0.25, 0.3) is 0 Å². The highest BCUT2D eigenvalue weighted by molar-refractivity contribution is 7.17. The summed E-state index contributed by atoms with van der Waals surface area (Å²) in [5.74, 6) is 0. The van der Waals surface area contributed by atoms with Crippen LogP contribution >= 0.6 is 11.3 Å². The van der Waals surface area contributed by atoms with Crippen LogP contribution < -0.4 is 10.6 Å². The van der Waals surface area contributed by atoms with E-state index in [2.05, 4.69) is 0 Å². The quantitative estimate of drug-likeness (QED) is 0.685. The molecule has 0 amide bonds. The second-order valence-corrected chi connectivity index (χ2v) is 3.41. The molecule has 1 heterocycles. The maximum absolute atomic E-state index is 8.58. The third-order valence-electron chi connectivity index (χ3n) is 1.29. The summed E-state index contributed by atoms with van der Waals surface area (Å²) >= 11 is 1.41. The Morgan fingerprint density at radius 3 is 2.55 bits per heavy atom. The molecule has 0 aliphatic rings. The molecule has 0 unspecified atom stereocenters. The van der Waals surface area contributed by atoms with Gasteiger partial charge >= 0.3 is 0 Å². The maximum Gasteiger partial charge on any atom is 0.129 e. The van der Waals surface area contributed by atoms with Crippen molar-refractivity contribution in [2.75, 3.05) is 24.7 Å². The molecule has 58 valence electrons. The van der Waals surface area contributed by atoms with E-state index in [1.54, 1.807) is 0 Å². The number of nitriles is 1. The Bertz CT molecular complexity index is 295. The number of nitrogens with zero attached hydrogens (tertiary/aromatic N) is 2. The Morgan fingerprint density at radius 2 is 2.27 bits per heavy atom. The molecule has 0 aromatic carbocycles.